The van der Waals surface area contributed by atoms with Crippen molar-refractivity contribution in [3.63, 3.8) is 0 Å². The number of nitro groups is 1. The Morgan fingerprint density at radius 3 is 2.50 bits per heavy atom. The van der Waals surface area contributed by atoms with Crippen LogP contribution in [0.3, 0.4) is 0 Å². The van der Waals surface area contributed by atoms with Crippen LogP contribution in [0.5, 0.6) is 0 Å². The van der Waals surface area contributed by atoms with Gasteiger partial charge in [0, 0.05) is 24.9 Å². The molecule has 1 saturated heterocycles. The summed E-state index contributed by atoms with van der Waals surface area (Å²) in [6.45, 7) is 1.52. The number of nitrogens with zero attached hydrogens (tertiary/aromatic N) is 5. The summed E-state index contributed by atoms with van der Waals surface area (Å²) < 4.78 is 0. The molecule has 1 aliphatic rings. The van der Waals surface area contributed by atoms with Gasteiger partial charge in [-0.3, -0.25) is 10.1 Å². The molecule has 0 aliphatic carbocycles. The first kappa shape index (κ1) is 14.5. The van der Waals surface area contributed by atoms with E-state index in [0.29, 0.717) is 17.6 Å². The Bertz CT molecular complexity index is 523. The number of hydrogen-bond acceptors (Lipinski definition) is 7. The second-order valence-electron chi connectivity index (χ2n) is 4.56. The van der Waals surface area contributed by atoms with Crippen LogP contribution < -0.4 is 4.90 Å². The second-order valence-corrected chi connectivity index (χ2v) is 5.33. The van der Waals surface area contributed by atoms with Gasteiger partial charge in [-0.15, -0.1) is 0 Å². The molecule has 0 atom stereocenters. The fourth-order valence-corrected chi connectivity index (χ4v) is 2.77. The summed E-state index contributed by atoms with van der Waals surface area (Å²) in [6, 6.07) is 0. The van der Waals surface area contributed by atoms with Crippen LogP contribution in [0.1, 0.15) is 32.1 Å². The summed E-state index contributed by atoms with van der Waals surface area (Å²) in [5, 5.41) is 22.0. The van der Waals surface area contributed by atoms with Crippen LogP contribution in [0, 0.1) is 20.8 Å². The molecule has 1 fully saturated rings. The lowest BCUT2D eigenvalue weighted by atomic mass is 10.1. The number of thioether (sulfide) groups is 1. The third-order valence-corrected chi connectivity index (χ3v) is 3.83. The van der Waals surface area contributed by atoms with Gasteiger partial charge in [0.25, 0.3) is 0 Å². The predicted octanol–water partition coefficient (Wildman–Crippen LogP) is 2.73. The Morgan fingerprint density at radius 1 is 1.25 bits per heavy atom. The molecule has 0 spiro atoms. The molecule has 0 bridgehead atoms. The molecular weight excluding hydrogens is 278 g/mol. The highest BCUT2D eigenvalue weighted by Gasteiger charge is 2.27. The maximum Gasteiger partial charge on any atom is 0.344 e. The number of hydrogen-bond donors (Lipinski definition) is 0. The zero-order valence-electron chi connectivity index (χ0n) is 11.0. The maximum atomic E-state index is 11.3. The van der Waals surface area contributed by atoms with Crippen LogP contribution in [0.2, 0.25) is 0 Å². The Balaban J connectivity index is 2.36. The molecule has 1 aromatic heterocycles. The van der Waals surface area contributed by atoms with E-state index in [1.54, 1.807) is 0 Å². The van der Waals surface area contributed by atoms with E-state index in [0.717, 1.165) is 38.8 Å². The van der Waals surface area contributed by atoms with Crippen molar-refractivity contribution in [2.24, 2.45) is 0 Å². The quantitative estimate of drug-likeness (QED) is 0.278. The third kappa shape index (κ3) is 3.36. The molecular formula is C12H15N5O2S. The van der Waals surface area contributed by atoms with Crippen LogP contribution in [0.25, 0.3) is 0 Å². The van der Waals surface area contributed by atoms with Gasteiger partial charge in [0.05, 0.1) is 4.92 Å². The first-order chi connectivity index (χ1) is 9.74. The molecule has 20 heavy (non-hydrogen) atoms. The monoisotopic (exact) mass is 293 g/mol. The highest BCUT2D eigenvalue weighted by Crippen LogP contribution is 2.34. The lowest BCUT2D eigenvalue weighted by Gasteiger charge is -2.25. The average molecular weight is 293 g/mol. The topological polar surface area (TPSA) is 96.0 Å². The molecule has 8 heteroatoms. The van der Waals surface area contributed by atoms with Crippen LogP contribution in [0.4, 0.5) is 11.5 Å². The summed E-state index contributed by atoms with van der Waals surface area (Å²) in [7, 11) is 0. The molecule has 0 radical (unpaired) electrons. The Labute approximate surface area is 121 Å². The molecule has 7 nitrogen and oxygen atoms in total. The first-order valence-electron chi connectivity index (χ1n) is 6.54. The normalized spacial score (nSPS) is 16.1. The molecule has 0 aromatic carbocycles. The van der Waals surface area contributed by atoms with E-state index in [9.17, 15) is 10.1 Å². The van der Waals surface area contributed by atoms with Gasteiger partial charge in [0.2, 0.25) is 5.82 Å². The lowest BCUT2D eigenvalue weighted by Crippen LogP contribution is -2.28. The Kier molecular flexibility index (Phi) is 5.12. The van der Waals surface area contributed by atoms with Gasteiger partial charge >= 0.3 is 5.69 Å². The van der Waals surface area contributed by atoms with E-state index in [1.165, 1.54) is 12.7 Å². The van der Waals surface area contributed by atoms with E-state index >= 15 is 0 Å². The summed E-state index contributed by atoms with van der Waals surface area (Å²) in [5.41, 5.74) is -0.153. The number of nitriles is 1. The van der Waals surface area contributed by atoms with Crippen LogP contribution >= 0.6 is 11.8 Å². The van der Waals surface area contributed by atoms with Crippen molar-refractivity contribution in [2.45, 2.75) is 37.1 Å². The standard InChI is InChI=1S/C12H15N5O2S/c13-8-20-12-10(17(18)19)11(14-9-15-12)16-6-4-2-1-3-5-7-16/h9H,1-7H2. The zero-order valence-corrected chi connectivity index (χ0v) is 11.8. The van der Waals surface area contributed by atoms with Gasteiger partial charge < -0.3 is 4.90 Å². The van der Waals surface area contributed by atoms with Gasteiger partial charge in [0.1, 0.15) is 11.7 Å². The molecule has 2 rings (SSSR count). The molecule has 106 valence electrons. The number of thiocyanates is 1. The average Bonchev–Trinajstić information content (AvgIpc) is 2.38. The zero-order chi connectivity index (χ0) is 14.4. The van der Waals surface area contributed by atoms with Crippen molar-refractivity contribution in [1.29, 1.82) is 5.26 Å². The van der Waals surface area contributed by atoms with Crippen molar-refractivity contribution < 1.29 is 4.92 Å². The second kappa shape index (κ2) is 7.05. The summed E-state index contributed by atoms with van der Waals surface area (Å²) in [4.78, 5) is 20.7. The van der Waals surface area contributed by atoms with E-state index in [4.69, 9.17) is 5.26 Å². The SMILES string of the molecule is N#CSc1ncnc(N2CCCCCCC2)c1[N+](=O)[O-]. The minimum atomic E-state index is -0.492. The fourth-order valence-electron chi connectivity index (χ4n) is 2.32. The largest absolute Gasteiger partial charge is 0.351 e. The van der Waals surface area contributed by atoms with Gasteiger partial charge in [-0.2, -0.15) is 5.26 Å². The van der Waals surface area contributed by atoms with Gasteiger partial charge in [-0.1, -0.05) is 19.3 Å². The molecule has 0 N–H and O–H groups in total. The maximum absolute atomic E-state index is 11.3. The predicted molar refractivity (Wildman–Crippen MR) is 75.5 cm³/mol. The highest BCUT2D eigenvalue weighted by molar-refractivity contribution is 8.03. The number of anilines is 1. The molecule has 2 heterocycles. The Hall–Kier alpha value is -1.88. The van der Waals surface area contributed by atoms with Crippen molar-refractivity contribution in [3.8, 4) is 5.40 Å². The van der Waals surface area contributed by atoms with Gasteiger partial charge in [-0.25, -0.2) is 9.97 Å². The first-order valence-corrected chi connectivity index (χ1v) is 7.36. The highest BCUT2D eigenvalue weighted by atomic mass is 32.2. The van der Waals surface area contributed by atoms with E-state index in [2.05, 4.69) is 9.97 Å². The van der Waals surface area contributed by atoms with Crippen molar-refractivity contribution in [2.75, 3.05) is 18.0 Å². The smallest absolute Gasteiger partial charge is 0.344 e. The number of rotatable bonds is 3. The molecule has 0 saturated carbocycles. The summed E-state index contributed by atoms with van der Waals surface area (Å²) >= 11 is 0.704. The lowest BCUT2D eigenvalue weighted by molar-refractivity contribution is -0.387. The summed E-state index contributed by atoms with van der Waals surface area (Å²) in [5.74, 6) is 0.338. The van der Waals surface area contributed by atoms with Crippen molar-refractivity contribution in [1.82, 2.24) is 9.97 Å². The summed E-state index contributed by atoms with van der Waals surface area (Å²) in [6.07, 6.45) is 6.78. The van der Waals surface area contributed by atoms with Crippen molar-refractivity contribution in [3.05, 3.63) is 16.4 Å². The van der Waals surface area contributed by atoms with Gasteiger partial charge in [0.15, 0.2) is 5.03 Å². The minimum absolute atomic E-state index is 0.115. The van der Waals surface area contributed by atoms with Crippen LogP contribution in [0.15, 0.2) is 11.4 Å². The minimum Gasteiger partial charge on any atom is -0.351 e. The van der Waals surface area contributed by atoms with E-state index in [-0.39, 0.29) is 10.7 Å². The van der Waals surface area contributed by atoms with Crippen LogP contribution in [-0.2, 0) is 0 Å². The third-order valence-electron chi connectivity index (χ3n) is 3.25. The molecule has 0 amide bonds. The Morgan fingerprint density at radius 2 is 1.90 bits per heavy atom. The van der Waals surface area contributed by atoms with Crippen molar-refractivity contribution >= 4 is 23.3 Å². The molecule has 1 aliphatic heterocycles. The number of aromatic nitrogens is 2. The van der Waals surface area contributed by atoms with E-state index < -0.39 is 4.92 Å². The van der Waals surface area contributed by atoms with Gasteiger partial charge in [-0.05, 0) is 12.8 Å². The van der Waals surface area contributed by atoms with E-state index in [1.807, 2.05) is 10.3 Å². The van der Waals surface area contributed by atoms with Crippen LogP contribution in [-0.4, -0.2) is 28.0 Å². The molecule has 1 aromatic rings. The molecule has 0 unspecified atom stereocenters. The fraction of sp³-hybridized carbons (Fsp3) is 0.583.